The summed E-state index contributed by atoms with van der Waals surface area (Å²) in [5.41, 5.74) is 6.12. The van der Waals surface area contributed by atoms with Crippen LogP contribution < -0.4 is 15.5 Å². The molecule has 2 N–H and O–H groups in total. The van der Waals surface area contributed by atoms with Crippen molar-refractivity contribution >= 4 is 39.4 Å². The predicted molar refractivity (Wildman–Crippen MR) is 129 cm³/mol. The number of hydrogen-bond acceptors (Lipinski definition) is 6. The first-order chi connectivity index (χ1) is 15.0. The maximum absolute atomic E-state index is 12.7. The van der Waals surface area contributed by atoms with E-state index in [0.29, 0.717) is 5.56 Å². The van der Waals surface area contributed by atoms with Gasteiger partial charge in [0.15, 0.2) is 5.13 Å². The van der Waals surface area contributed by atoms with Gasteiger partial charge in [-0.05, 0) is 55.0 Å². The number of aryl methyl sites for hydroxylation is 1. The molecule has 0 fully saturated rings. The van der Waals surface area contributed by atoms with Crippen molar-refractivity contribution in [1.29, 1.82) is 0 Å². The van der Waals surface area contributed by atoms with Crippen LogP contribution in [0.2, 0.25) is 0 Å². The molecule has 0 aliphatic carbocycles. The summed E-state index contributed by atoms with van der Waals surface area (Å²) in [4.78, 5) is 23.5. The van der Waals surface area contributed by atoms with Gasteiger partial charge < -0.3 is 15.5 Å². The van der Waals surface area contributed by atoms with Crippen LogP contribution in [-0.2, 0) is 0 Å². The number of carbonyl (C=O) groups excluding carboxylic acids is 1. The fourth-order valence-electron chi connectivity index (χ4n) is 3.06. The van der Waals surface area contributed by atoms with Gasteiger partial charge in [0, 0.05) is 60.1 Å². The molecule has 6 nitrogen and oxygen atoms in total. The van der Waals surface area contributed by atoms with Crippen molar-refractivity contribution in [3.8, 4) is 11.3 Å². The van der Waals surface area contributed by atoms with Crippen molar-refractivity contribution in [3.63, 3.8) is 0 Å². The number of rotatable bonds is 6. The zero-order valence-electron chi connectivity index (χ0n) is 17.6. The third-order valence-corrected chi connectivity index (χ3v) is 5.58. The molecule has 2 aromatic carbocycles. The van der Waals surface area contributed by atoms with E-state index in [9.17, 15) is 4.79 Å². The number of aromatic nitrogens is 2. The van der Waals surface area contributed by atoms with Crippen LogP contribution in [-0.4, -0.2) is 30.0 Å². The number of amides is 1. The topological polar surface area (TPSA) is 70.2 Å². The molecule has 2 aromatic heterocycles. The number of nitrogens with one attached hydrogen (secondary N) is 2. The lowest BCUT2D eigenvalue weighted by Crippen LogP contribution is -2.14. The van der Waals surface area contributed by atoms with Crippen LogP contribution in [0.4, 0.5) is 22.2 Å². The Labute approximate surface area is 185 Å². The molecule has 2 heterocycles. The molecule has 0 bridgehead atoms. The molecule has 0 saturated carbocycles. The summed E-state index contributed by atoms with van der Waals surface area (Å²) in [7, 11) is 3.90. The largest absolute Gasteiger partial charge is 0.378 e. The van der Waals surface area contributed by atoms with Crippen molar-refractivity contribution in [2.45, 2.75) is 6.92 Å². The highest BCUT2D eigenvalue weighted by Gasteiger charge is 2.10. The molecule has 0 saturated heterocycles. The maximum Gasteiger partial charge on any atom is 0.255 e. The first-order valence-corrected chi connectivity index (χ1v) is 10.7. The number of pyridine rings is 1. The van der Waals surface area contributed by atoms with Gasteiger partial charge in [0.05, 0.1) is 5.69 Å². The molecular weight excluding hydrogens is 406 g/mol. The summed E-state index contributed by atoms with van der Waals surface area (Å²) in [6, 6.07) is 17.2. The van der Waals surface area contributed by atoms with E-state index in [-0.39, 0.29) is 5.91 Å². The van der Waals surface area contributed by atoms with E-state index in [2.05, 4.69) is 20.6 Å². The second-order valence-electron chi connectivity index (χ2n) is 7.33. The maximum atomic E-state index is 12.7. The molecule has 0 spiro atoms. The molecule has 0 radical (unpaired) electrons. The number of thiazole rings is 1. The SMILES string of the molecule is Cc1ccc(NC(=O)c2cccc(N(C)C)c2)cc1Nc1nc(-c2cccnc2)cs1. The lowest BCUT2D eigenvalue weighted by atomic mass is 10.1. The molecular formula is C24H23N5OS. The van der Waals surface area contributed by atoms with E-state index in [1.54, 1.807) is 12.4 Å². The number of anilines is 4. The molecule has 0 aliphatic heterocycles. The second-order valence-corrected chi connectivity index (χ2v) is 8.19. The normalized spacial score (nSPS) is 10.5. The van der Waals surface area contributed by atoms with Crippen LogP contribution in [0.5, 0.6) is 0 Å². The summed E-state index contributed by atoms with van der Waals surface area (Å²) in [5, 5.41) is 9.13. The minimum atomic E-state index is -0.147. The second kappa shape index (κ2) is 8.97. The van der Waals surface area contributed by atoms with E-state index in [4.69, 9.17) is 0 Å². The fourth-order valence-corrected chi connectivity index (χ4v) is 3.79. The Bertz CT molecular complexity index is 1200. The molecule has 156 valence electrons. The summed E-state index contributed by atoms with van der Waals surface area (Å²) in [5.74, 6) is -0.147. The molecule has 4 rings (SSSR count). The molecule has 0 unspecified atom stereocenters. The molecule has 31 heavy (non-hydrogen) atoms. The highest BCUT2D eigenvalue weighted by atomic mass is 32.1. The van der Waals surface area contributed by atoms with Crippen LogP contribution in [0.25, 0.3) is 11.3 Å². The Hall–Kier alpha value is -3.71. The number of benzene rings is 2. The van der Waals surface area contributed by atoms with Gasteiger partial charge in [-0.1, -0.05) is 12.1 Å². The van der Waals surface area contributed by atoms with Crippen molar-refractivity contribution in [2.75, 3.05) is 29.6 Å². The molecule has 0 atom stereocenters. The summed E-state index contributed by atoms with van der Waals surface area (Å²) in [6.45, 7) is 2.02. The first kappa shape index (κ1) is 20.6. The standard InChI is InChI=1S/C24H23N5OS/c1-16-9-10-19(26-23(30)17-6-4-8-20(12-17)29(2)3)13-21(16)27-24-28-22(15-31-24)18-7-5-11-25-14-18/h4-15H,1-3H3,(H,26,30)(H,27,28). The van der Waals surface area contributed by atoms with Gasteiger partial charge in [-0.15, -0.1) is 11.3 Å². The van der Waals surface area contributed by atoms with Crippen molar-refractivity contribution in [1.82, 2.24) is 9.97 Å². The molecule has 0 aliphatic rings. The lowest BCUT2D eigenvalue weighted by molar-refractivity contribution is 0.102. The van der Waals surface area contributed by atoms with Gasteiger partial charge in [0.1, 0.15) is 0 Å². The quantitative estimate of drug-likeness (QED) is 0.419. The Balaban J connectivity index is 1.51. The molecule has 1 amide bonds. The minimum absolute atomic E-state index is 0.147. The first-order valence-electron chi connectivity index (χ1n) is 9.82. The van der Waals surface area contributed by atoms with E-state index in [1.807, 2.05) is 85.9 Å². The Morgan fingerprint density at radius 2 is 1.94 bits per heavy atom. The van der Waals surface area contributed by atoms with Gasteiger partial charge in [-0.2, -0.15) is 0 Å². The molecule has 4 aromatic rings. The average molecular weight is 430 g/mol. The van der Waals surface area contributed by atoms with E-state index in [1.165, 1.54) is 11.3 Å². The highest BCUT2D eigenvalue weighted by Crippen LogP contribution is 2.29. The summed E-state index contributed by atoms with van der Waals surface area (Å²) >= 11 is 1.53. The van der Waals surface area contributed by atoms with Gasteiger partial charge in [-0.25, -0.2) is 4.98 Å². The summed E-state index contributed by atoms with van der Waals surface area (Å²) < 4.78 is 0. The van der Waals surface area contributed by atoms with Crippen LogP contribution in [0.3, 0.4) is 0 Å². The van der Waals surface area contributed by atoms with E-state index in [0.717, 1.165) is 39.0 Å². The van der Waals surface area contributed by atoms with Crippen LogP contribution in [0.1, 0.15) is 15.9 Å². The van der Waals surface area contributed by atoms with Crippen LogP contribution in [0, 0.1) is 6.92 Å². The van der Waals surface area contributed by atoms with Gasteiger partial charge in [-0.3, -0.25) is 9.78 Å². The van der Waals surface area contributed by atoms with E-state index >= 15 is 0 Å². The number of nitrogens with zero attached hydrogens (tertiary/aromatic N) is 3. The van der Waals surface area contributed by atoms with Crippen molar-refractivity contribution in [2.24, 2.45) is 0 Å². The van der Waals surface area contributed by atoms with Gasteiger partial charge in [0.2, 0.25) is 0 Å². The molecule has 7 heteroatoms. The number of hydrogen-bond donors (Lipinski definition) is 2. The van der Waals surface area contributed by atoms with Crippen molar-refractivity contribution < 1.29 is 4.79 Å². The predicted octanol–water partition coefficient (Wildman–Crippen LogP) is 5.58. The smallest absolute Gasteiger partial charge is 0.255 e. The lowest BCUT2D eigenvalue weighted by Gasteiger charge is -2.14. The van der Waals surface area contributed by atoms with E-state index < -0.39 is 0 Å². The monoisotopic (exact) mass is 429 g/mol. The third kappa shape index (κ3) is 4.90. The zero-order chi connectivity index (χ0) is 21.8. The van der Waals surface area contributed by atoms with Crippen molar-refractivity contribution in [3.05, 3.63) is 83.5 Å². The Kier molecular flexibility index (Phi) is 5.95. The van der Waals surface area contributed by atoms with Gasteiger partial charge in [0.25, 0.3) is 5.91 Å². The summed E-state index contributed by atoms with van der Waals surface area (Å²) in [6.07, 6.45) is 3.54. The number of carbonyl (C=O) groups is 1. The Morgan fingerprint density at radius 3 is 2.71 bits per heavy atom. The zero-order valence-corrected chi connectivity index (χ0v) is 18.4. The van der Waals surface area contributed by atoms with Gasteiger partial charge >= 0.3 is 0 Å². The Morgan fingerprint density at radius 1 is 1.06 bits per heavy atom. The average Bonchev–Trinajstić information content (AvgIpc) is 3.25. The fraction of sp³-hybridized carbons (Fsp3) is 0.125. The third-order valence-electron chi connectivity index (χ3n) is 4.82. The highest BCUT2D eigenvalue weighted by molar-refractivity contribution is 7.14. The minimum Gasteiger partial charge on any atom is -0.378 e. The van der Waals surface area contributed by atoms with Crippen LogP contribution >= 0.6 is 11.3 Å². The van der Waals surface area contributed by atoms with Crippen LogP contribution in [0.15, 0.2) is 72.4 Å².